The second kappa shape index (κ2) is 6.33. The molecule has 1 aromatic carbocycles. The fraction of sp³-hybridized carbons (Fsp3) is 0.357. The Balaban J connectivity index is 1.69. The molecule has 2 aromatic rings. The third kappa shape index (κ3) is 2.95. The topological polar surface area (TPSA) is 19.4 Å². The SMILES string of the molecule is ClCc1ccc(N2CCN(c3nccs3)CC2)c(Br)c1. The number of piperazine rings is 1. The van der Waals surface area contributed by atoms with Gasteiger partial charge in [0.05, 0.1) is 5.69 Å². The number of thiazole rings is 1. The second-order valence-electron chi connectivity index (χ2n) is 4.71. The number of nitrogens with zero attached hydrogens (tertiary/aromatic N) is 3. The van der Waals surface area contributed by atoms with Crippen molar-refractivity contribution in [2.75, 3.05) is 36.0 Å². The zero-order valence-electron chi connectivity index (χ0n) is 10.9. The highest BCUT2D eigenvalue weighted by Crippen LogP contribution is 2.29. The number of halogens is 2. The van der Waals surface area contributed by atoms with Gasteiger partial charge in [0.1, 0.15) is 0 Å². The van der Waals surface area contributed by atoms with Crippen LogP contribution in [0.25, 0.3) is 0 Å². The maximum Gasteiger partial charge on any atom is 0.185 e. The third-order valence-electron chi connectivity index (χ3n) is 3.48. The molecular formula is C14H15BrClN3S. The third-order valence-corrected chi connectivity index (χ3v) is 5.25. The predicted octanol–water partition coefficient (Wildman–Crippen LogP) is 3.97. The van der Waals surface area contributed by atoms with Gasteiger partial charge in [-0.15, -0.1) is 22.9 Å². The van der Waals surface area contributed by atoms with Gasteiger partial charge in [0.25, 0.3) is 0 Å². The molecule has 0 spiro atoms. The molecule has 0 amide bonds. The minimum atomic E-state index is 0.552. The monoisotopic (exact) mass is 371 g/mol. The van der Waals surface area contributed by atoms with Gasteiger partial charge in [0.15, 0.2) is 5.13 Å². The van der Waals surface area contributed by atoms with Crippen LogP contribution in [0.3, 0.4) is 0 Å². The largest absolute Gasteiger partial charge is 0.367 e. The normalized spacial score (nSPS) is 15.7. The van der Waals surface area contributed by atoms with Gasteiger partial charge in [0.2, 0.25) is 0 Å². The van der Waals surface area contributed by atoms with Crippen LogP contribution in [0, 0.1) is 0 Å². The number of hydrogen-bond acceptors (Lipinski definition) is 4. The summed E-state index contributed by atoms with van der Waals surface area (Å²) in [5.74, 6) is 0.552. The first kappa shape index (κ1) is 14.2. The molecule has 1 fully saturated rings. The highest BCUT2D eigenvalue weighted by molar-refractivity contribution is 9.10. The van der Waals surface area contributed by atoms with Crippen LogP contribution in [0.2, 0.25) is 0 Å². The van der Waals surface area contributed by atoms with Crippen molar-refractivity contribution in [2.45, 2.75) is 5.88 Å². The van der Waals surface area contributed by atoms with Gasteiger partial charge in [-0.05, 0) is 33.6 Å². The molecular weight excluding hydrogens is 358 g/mol. The molecule has 3 nitrogen and oxygen atoms in total. The summed E-state index contributed by atoms with van der Waals surface area (Å²) in [5, 5.41) is 3.16. The average molecular weight is 373 g/mol. The molecule has 0 aliphatic carbocycles. The van der Waals surface area contributed by atoms with Crippen LogP contribution >= 0.6 is 38.9 Å². The van der Waals surface area contributed by atoms with Crippen LogP contribution in [0.1, 0.15) is 5.56 Å². The summed E-state index contributed by atoms with van der Waals surface area (Å²) >= 11 is 11.2. The second-order valence-corrected chi connectivity index (χ2v) is 6.70. The Kier molecular flexibility index (Phi) is 4.48. The van der Waals surface area contributed by atoms with E-state index in [0.29, 0.717) is 5.88 Å². The van der Waals surface area contributed by atoms with E-state index in [0.717, 1.165) is 41.3 Å². The quantitative estimate of drug-likeness (QED) is 0.760. The van der Waals surface area contributed by atoms with Crippen LogP contribution in [-0.2, 0) is 5.88 Å². The summed E-state index contributed by atoms with van der Waals surface area (Å²) in [5.41, 5.74) is 2.39. The molecule has 1 saturated heterocycles. The lowest BCUT2D eigenvalue weighted by atomic mass is 10.2. The van der Waals surface area contributed by atoms with Crippen molar-refractivity contribution in [2.24, 2.45) is 0 Å². The summed E-state index contributed by atoms with van der Waals surface area (Å²) in [7, 11) is 0. The van der Waals surface area contributed by atoms with Crippen molar-refractivity contribution in [1.82, 2.24) is 4.98 Å². The highest BCUT2D eigenvalue weighted by Gasteiger charge is 2.20. The van der Waals surface area contributed by atoms with Gasteiger partial charge in [-0.25, -0.2) is 4.98 Å². The van der Waals surface area contributed by atoms with E-state index in [9.17, 15) is 0 Å². The molecule has 1 aromatic heterocycles. The van der Waals surface area contributed by atoms with Crippen LogP contribution in [-0.4, -0.2) is 31.2 Å². The van der Waals surface area contributed by atoms with Gasteiger partial charge in [-0.1, -0.05) is 6.07 Å². The van der Waals surface area contributed by atoms with Gasteiger partial charge in [-0.2, -0.15) is 0 Å². The zero-order chi connectivity index (χ0) is 13.9. The van der Waals surface area contributed by atoms with E-state index in [2.05, 4.69) is 48.9 Å². The first-order chi connectivity index (χ1) is 9.78. The molecule has 0 unspecified atom stereocenters. The van der Waals surface area contributed by atoms with Crippen molar-refractivity contribution in [3.8, 4) is 0 Å². The van der Waals surface area contributed by atoms with E-state index in [1.807, 2.05) is 11.6 Å². The lowest BCUT2D eigenvalue weighted by Gasteiger charge is -2.36. The molecule has 0 atom stereocenters. The van der Waals surface area contributed by atoms with Crippen molar-refractivity contribution in [1.29, 1.82) is 0 Å². The van der Waals surface area contributed by atoms with Crippen molar-refractivity contribution in [3.05, 3.63) is 39.8 Å². The Morgan fingerprint density at radius 1 is 1.20 bits per heavy atom. The number of rotatable bonds is 3. The van der Waals surface area contributed by atoms with E-state index >= 15 is 0 Å². The van der Waals surface area contributed by atoms with Gasteiger partial charge >= 0.3 is 0 Å². The average Bonchev–Trinajstić information content (AvgIpc) is 3.01. The maximum atomic E-state index is 5.87. The number of hydrogen-bond donors (Lipinski definition) is 0. The summed E-state index contributed by atoms with van der Waals surface area (Å²) in [6.45, 7) is 4.05. The van der Waals surface area contributed by atoms with E-state index < -0.39 is 0 Å². The lowest BCUT2D eigenvalue weighted by Crippen LogP contribution is -2.46. The minimum absolute atomic E-state index is 0.552. The fourth-order valence-electron chi connectivity index (χ4n) is 2.40. The highest BCUT2D eigenvalue weighted by atomic mass is 79.9. The molecule has 0 N–H and O–H groups in total. The molecule has 2 heterocycles. The first-order valence-corrected chi connectivity index (χ1v) is 8.72. The number of benzene rings is 1. The number of alkyl halides is 1. The summed E-state index contributed by atoms with van der Waals surface area (Å²) < 4.78 is 1.12. The Morgan fingerprint density at radius 3 is 2.55 bits per heavy atom. The predicted molar refractivity (Wildman–Crippen MR) is 90.2 cm³/mol. The van der Waals surface area contributed by atoms with Crippen LogP contribution in [0.4, 0.5) is 10.8 Å². The van der Waals surface area contributed by atoms with E-state index in [1.54, 1.807) is 11.3 Å². The van der Waals surface area contributed by atoms with Crippen LogP contribution in [0.15, 0.2) is 34.2 Å². The van der Waals surface area contributed by atoms with Crippen molar-refractivity contribution < 1.29 is 0 Å². The van der Waals surface area contributed by atoms with Gasteiger partial charge < -0.3 is 9.80 Å². The molecule has 6 heteroatoms. The molecule has 0 radical (unpaired) electrons. The standard InChI is InChI=1S/C14H15BrClN3S/c15-12-9-11(10-16)1-2-13(12)18-4-6-19(7-5-18)14-17-3-8-20-14/h1-3,8-9H,4-7,10H2. The minimum Gasteiger partial charge on any atom is -0.367 e. The van der Waals surface area contributed by atoms with E-state index in [-0.39, 0.29) is 0 Å². The summed E-state index contributed by atoms with van der Waals surface area (Å²) in [6, 6.07) is 6.36. The Labute approximate surface area is 136 Å². The molecule has 1 aliphatic heterocycles. The van der Waals surface area contributed by atoms with Crippen LogP contribution < -0.4 is 9.80 Å². The Bertz CT molecular complexity index is 568. The van der Waals surface area contributed by atoms with E-state index in [4.69, 9.17) is 11.6 Å². The molecule has 3 rings (SSSR count). The smallest absolute Gasteiger partial charge is 0.185 e. The van der Waals surface area contributed by atoms with Crippen molar-refractivity contribution in [3.63, 3.8) is 0 Å². The van der Waals surface area contributed by atoms with Crippen LogP contribution in [0.5, 0.6) is 0 Å². The molecule has 0 saturated carbocycles. The van der Waals surface area contributed by atoms with E-state index in [1.165, 1.54) is 5.69 Å². The first-order valence-electron chi connectivity index (χ1n) is 6.51. The fourth-order valence-corrected chi connectivity index (χ4v) is 3.94. The summed E-state index contributed by atoms with van der Waals surface area (Å²) in [4.78, 5) is 9.14. The summed E-state index contributed by atoms with van der Waals surface area (Å²) in [6.07, 6.45) is 1.87. The maximum absolute atomic E-state index is 5.87. The Morgan fingerprint density at radius 2 is 1.95 bits per heavy atom. The van der Waals surface area contributed by atoms with Gasteiger partial charge in [0, 0.05) is 48.1 Å². The molecule has 20 heavy (non-hydrogen) atoms. The molecule has 1 aliphatic rings. The molecule has 0 bridgehead atoms. The number of aromatic nitrogens is 1. The zero-order valence-corrected chi connectivity index (χ0v) is 14.1. The Hall–Kier alpha value is -0.780. The number of anilines is 2. The van der Waals surface area contributed by atoms with Gasteiger partial charge in [-0.3, -0.25) is 0 Å². The molecule has 106 valence electrons. The van der Waals surface area contributed by atoms with Crippen molar-refractivity contribution >= 4 is 49.7 Å². The lowest BCUT2D eigenvalue weighted by molar-refractivity contribution is 0.651.